The maximum atomic E-state index is 12.0. The summed E-state index contributed by atoms with van der Waals surface area (Å²) in [6.45, 7) is 2.23. The van der Waals surface area contributed by atoms with Gasteiger partial charge in [-0.2, -0.15) is 0 Å². The van der Waals surface area contributed by atoms with Crippen molar-refractivity contribution >= 4 is 11.9 Å². The van der Waals surface area contributed by atoms with Crippen molar-refractivity contribution in [2.45, 2.75) is 44.4 Å². The van der Waals surface area contributed by atoms with Crippen molar-refractivity contribution in [3.05, 3.63) is 35.9 Å². The van der Waals surface area contributed by atoms with Crippen molar-refractivity contribution in [3.8, 4) is 0 Å². The van der Waals surface area contributed by atoms with E-state index in [0.717, 1.165) is 18.4 Å². The SMILES string of the molecule is C[C@]12CCCC(=O)[C@H]1N2C(=O)OCc1ccccc1. The first-order valence-corrected chi connectivity index (χ1v) is 6.66. The standard InChI is InChI=1S/C15H17NO3/c1-15-9-5-8-12(17)13(15)16(15)14(18)19-10-11-6-3-2-4-7-11/h2-4,6-7,13H,5,8-10H2,1H3/t13-,15+,16?/m1/s1. The van der Waals surface area contributed by atoms with Crippen LogP contribution in [0.15, 0.2) is 30.3 Å². The predicted octanol–water partition coefficient (Wildman–Crippen LogP) is 2.52. The third-order valence-corrected chi connectivity index (χ3v) is 4.14. The molecule has 1 aliphatic heterocycles. The van der Waals surface area contributed by atoms with Gasteiger partial charge in [0, 0.05) is 6.42 Å². The predicted molar refractivity (Wildman–Crippen MR) is 69.5 cm³/mol. The molecule has 19 heavy (non-hydrogen) atoms. The van der Waals surface area contributed by atoms with Crippen LogP contribution in [0.2, 0.25) is 0 Å². The molecule has 1 amide bonds. The quantitative estimate of drug-likeness (QED) is 0.767. The van der Waals surface area contributed by atoms with Crippen molar-refractivity contribution in [2.24, 2.45) is 0 Å². The molecule has 2 atom stereocenters. The highest BCUT2D eigenvalue weighted by Gasteiger charge is 2.67. The molecular formula is C15H17NO3. The van der Waals surface area contributed by atoms with Gasteiger partial charge in [-0.05, 0) is 25.3 Å². The van der Waals surface area contributed by atoms with Gasteiger partial charge in [0.2, 0.25) is 0 Å². The number of carbonyl (C=O) groups excluding carboxylic acids is 2. The molecule has 1 saturated carbocycles. The fourth-order valence-corrected chi connectivity index (χ4v) is 3.04. The molecule has 2 aliphatic rings. The lowest BCUT2D eigenvalue weighted by atomic mass is 9.90. The highest BCUT2D eigenvalue weighted by Crippen LogP contribution is 2.49. The number of nitrogens with zero attached hydrogens (tertiary/aromatic N) is 1. The van der Waals surface area contributed by atoms with Gasteiger partial charge >= 0.3 is 6.09 Å². The van der Waals surface area contributed by atoms with E-state index in [9.17, 15) is 9.59 Å². The van der Waals surface area contributed by atoms with E-state index in [1.54, 1.807) is 4.90 Å². The summed E-state index contributed by atoms with van der Waals surface area (Å²) in [6, 6.07) is 9.31. The minimum absolute atomic E-state index is 0.172. The normalized spacial score (nSPS) is 28.8. The lowest BCUT2D eigenvalue weighted by Crippen LogP contribution is -2.23. The van der Waals surface area contributed by atoms with E-state index >= 15 is 0 Å². The second-order valence-electron chi connectivity index (χ2n) is 5.49. The summed E-state index contributed by atoms with van der Waals surface area (Å²) in [5, 5.41) is 0. The molecule has 1 aromatic rings. The Morgan fingerprint density at radius 1 is 1.42 bits per heavy atom. The number of hydrogen-bond donors (Lipinski definition) is 0. The van der Waals surface area contributed by atoms with Crippen molar-refractivity contribution in [1.29, 1.82) is 0 Å². The van der Waals surface area contributed by atoms with Crippen molar-refractivity contribution in [1.82, 2.24) is 4.90 Å². The highest BCUT2D eigenvalue weighted by molar-refractivity contribution is 5.95. The Balaban J connectivity index is 1.62. The van der Waals surface area contributed by atoms with E-state index in [0.29, 0.717) is 6.42 Å². The molecule has 1 saturated heterocycles. The van der Waals surface area contributed by atoms with E-state index in [1.165, 1.54) is 0 Å². The van der Waals surface area contributed by atoms with Crippen LogP contribution in [-0.2, 0) is 16.1 Å². The van der Waals surface area contributed by atoms with Crippen LogP contribution in [0.5, 0.6) is 0 Å². The minimum Gasteiger partial charge on any atom is -0.445 e. The highest BCUT2D eigenvalue weighted by atomic mass is 16.6. The molecule has 2 fully saturated rings. The summed E-state index contributed by atoms with van der Waals surface area (Å²) in [7, 11) is 0. The van der Waals surface area contributed by atoms with Gasteiger partial charge in [-0.25, -0.2) is 4.79 Å². The Bertz CT molecular complexity index is 513. The van der Waals surface area contributed by atoms with Crippen LogP contribution in [0.4, 0.5) is 4.79 Å². The Labute approximate surface area is 112 Å². The van der Waals surface area contributed by atoms with Crippen LogP contribution in [-0.4, -0.2) is 28.4 Å². The number of amides is 1. The molecule has 0 radical (unpaired) electrons. The Morgan fingerprint density at radius 2 is 2.16 bits per heavy atom. The fraction of sp³-hybridized carbons (Fsp3) is 0.467. The molecule has 1 heterocycles. The van der Waals surface area contributed by atoms with Gasteiger partial charge in [-0.3, -0.25) is 9.69 Å². The molecule has 0 unspecified atom stereocenters. The first kappa shape index (κ1) is 12.2. The molecule has 0 aromatic heterocycles. The molecule has 4 nitrogen and oxygen atoms in total. The number of Topliss-reactive ketones (excluding diaryl/α,β-unsaturated/α-hetero) is 1. The molecule has 0 N–H and O–H groups in total. The molecule has 0 bridgehead atoms. The summed E-state index contributed by atoms with van der Waals surface area (Å²) in [5.74, 6) is 0.172. The second-order valence-corrected chi connectivity index (χ2v) is 5.49. The van der Waals surface area contributed by atoms with E-state index in [4.69, 9.17) is 4.74 Å². The number of carbonyl (C=O) groups is 2. The van der Waals surface area contributed by atoms with Crippen molar-refractivity contribution in [3.63, 3.8) is 0 Å². The van der Waals surface area contributed by atoms with Crippen LogP contribution in [0, 0.1) is 0 Å². The Kier molecular flexibility index (Phi) is 2.81. The topological polar surface area (TPSA) is 46.4 Å². The number of ether oxygens (including phenoxy) is 1. The first-order valence-electron chi connectivity index (χ1n) is 6.66. The summed E-state index contributed by atoms with van der Waals surface area (Å²) in [4.78, 5) is 25.4. The van der Waals surface area contributed by atoms with Gasteiger partial charge in [-0.1, -0.05) is 30.3 Å². The number of hydrogen-bond acceptors (Lipinski definition) is 3. The average molecular weight is 259 g/mol. The number of rotatable bonds is 2. The summed E-state index contributed by atoms with van der Waals surface area (Å²) in [5.41, 5.74) is 0.667. The van der Waals surface area contributed by atoms with Crippen molar-refractivity contribution in [2.75, 3.05) is 0 Å². The first-order chi connectivity index (χ1) is 9.13. The number of benzene rings is 1. The zero-order chi connectivity index (χ0) is 13.5. The molecule has 1 aliphatic carbocycles. The van der Waals surface area contributed by atoms with E-state index < -0.39 is 0 Å². The third kappa shape index (κ3) is 2.01. The summed E-state index contributed by atoms with van der Waals surface area (Å²) < 4.78 is 5.29. The smallest absolute Gasteiger partial charge is 0.411 e. The molecule has 100 valence electrons. The Morgan fingerprint density at radius 3 is 2.84 bits per heavy atom. The number of likely N-dealkylation sites (tertiary alicyclic amines) is 1. The van der Waals surface area contributed by atoms with E-state index in [2.05, 4.69) is 0 Å². The summed E-state index contributed by atoms with van der Waals surface area (Å²) in [6.07, 6.45) is 1.98. The number of ketones is 1. The van der Waals surface area contributed by atoms with Crippen LogP contribution in [0.1, 0.15) is 31.7 Å². The average Bonchev–Trinajstić information content (AvgIpc) is 3.05. The van der Waals surface area contributed by atoms with E-state index in [1.807, 2.05) is 37.3 Å². The zero-order valence-corrected chi connectivity index (χ0v) is 11.0. The van der Waals surface area contributed by atoms with Gasteiger partial charge in [0.05, 0.1) is 5.54 Å². The minimum atomic E-state index is -0.369. The van der Waals surface area contributed by atoms with Gasteiger partial charge < -0.3 is 4.74 Å². The van der Waals surface area contributed by atoms with Crippen molar-refractivity contribution < 1.29 is 14.3 Å². The maximum Gasteiger partial charge on any atom is 0.411 e. The molecule has 1 aromatic carbocycles. The van der Waals surface area contributed by atoms with Crippen LogP contribution >= 0.6 is 0 Å². The molecule has 3 rings (SSSR count). The third-order valence-electron chi connectivity index (χ3n) is 4.14. The monoisotopic (exact) mass is 259 g/mol. The largest absolute Gasteiger partial charge is 0.445 e. The fourth-order valence-electron chi connectivity index (χ4n) is 3.04. The number of fused-ring (bicyclic) bond motifs is 1. The summed E-state index contributed by atoms with van der Waals surface area (Å²) >= 11 is 0. The van der Waals surface area contributed by atoms with E-state index in [-0.39, 0.29) is 30.1 Å². The second kappa shape index (κ2) is 4.37. The maximum absolute atomic E-state index is 12.0. The van der Waals surface area contributed by atoms with Crippen LogP contribution in [0.3, 0.4) is 0 Å². The van der Waals surface area contributed by atoms with Gasteiger partial charge in [0.1, 0.15) is 12.6 Å². The lowest BCUT2D eigenvalue weighted by molar-refractivity contribution is -0.120. The molecule has 0 spiro atoms. The van der Waals surface area contributed by atoms with Crippen LogP contribution < -0.4 is 0 Å². The lowest BCUT2D eigenvalue weighted by Gasteiger charge is -2.13. The molecule has 4 heteroatoms. The van der Waals surface area contributed by atoms with Crippen LogP contribution in [0.25, 0.3) is 0 Å². The van der Waals surface area contributed by atoms with Gasteiger partial charge in [0.25, 0.3) is 0 Å². The Hall–Kier alpha value is -1.84. The van der Waals surface area contributed by atoms with Gasteiger partial charge in [0.15, 0.2) is 5.78 Å². The molecular weight excluding hydrogens is 242 g/mol. The zero-order valence-electron chi connectivity index (χ0n) is 11.0. The van der Waals surface area contributed by atoms with Gasteiger partial charge in [-0.15, -0.1) is 0 Å².